The molecule has 0 aromatic carbocycles. The molecule has 0 unspecified atom stereocenters. The Balaban J connectivity index is 0.00000180. The van der Waals surface area contributed by atoms with Crippen molar-refractivity contribution in [2.75, 3.05) is 13.2 Å². The van der Waals surface area contributed by atoms with Crippen LogP contribution >= 0.6 is 23.7 Å². The van der Waals surface area contributed by atoms with Gasteiger partial charge in [0.25, 0.3) is 0 Å². The highest BCUT2D eigenvalue weighted by atomic mass is 35.5. The van der Waals surface area contributed by atoms with Crippen LogP contribution in [0.15, 0.2) is 12.1 Å². The molecule has 0 aliphatic carbocycles. The summed E-state index contributed by atoms with van der Waals surface area (Å²) < 4.78 is 5.46. The van der Waals surface area contributed by atoms with Crippen LogP contribution in [0, 0.1) is 0 Å². The van der Waals surface area contributed by atoms with Crippen LogP contribution in [-0.2, 0) is 22.5 Å². The molecule has 1 saturated heterocycles. The molecule has 1 aliphatic rings. The summed E-state index contributed by atoms with van der Waals surface area (Å²) in [5, 5.41) is 6.15. The maximum atomic E-state index is 12.0. The summed E-state index contributed by atoms with van der Waals surface area (Å²) in [6, 6.07) is 3.97. The van der Waals surface area contributed by atoms with Crippen molar-refractivity contribution in [1.82, 2.24) is 10.6 Å². The Labute approximate surface area is 124 Å². The zero-order valence-corrected chi connectivity index (χ0v) is 12.9. The summed E-state index contributed by atoms with van der Waals surface area (Å²) in [5.74, 6) is 0.0219. The molecule has 4 nitrogen and oxygen atoms in total. The van der Waals surface area contributed by atoms with Crippen molar-refractivity contribution in [3.05, 3.63) is 21.9 Å². The topological polar surface area (TPSA) is 50.4 Å². The normalized spacial score (nSPS) is 22.6. The average Bonchev–Trinajstić information content (AvgIpc) is 2.84. The highest BCUT2D eigenvalue weighted by Gasteiger charge is 2.27. The van der Waals surface area contributed by atoms with Crippen molar-refractivity contribution in [1.29, 1.82) is 0 Å². The molecule has 108 valence electrons. The van der Waals surface area contributed by atoms with Crippen LogP contribution < -0.4 is 10.6 Å². The van der Waals surface area contributed by atoms with Gasteiger partial charge in [0.15, 0.2) is 0 Å². The van der Waals surface area contributed by atoms with Crippen molar-refractivity contribution in [3.63, 3.8) is 0 Å². The lowest BCUT2D eigenvalue weighted by molar-refractivity contribution is -0.129. The van der Waals surface area contributed by atoms with Gasteiger partial charge in [-0.2, -0.15) is 0 Å². The number of rotatable bonds is 4. The second-order valence-corrected chi connectivity index (χ2v) is 5.70. The Bertz CT molecular complexity index is 411. The SMILES string of the molecule is CCc1ccc(CNC(=O)[C@H]2NCCO[C@@H]2C)s1.Cl. The van der Waals surface area contributed by atoms with Crippen LogP contribution in [0.2, 0.25) is 0 Å². The fourth-order valence-electron chi connectivity index (χ4n) is 2.02. The van der Waals surface area contributed by atoms with Crippen LogP contribution in [-0.4, -0.2) is 31.2 Å². The number of nitrogens with one attached hydrogen (secondary N) is 2. The smallest absolute Gasteiger partial charge is 0.240 e. The van der Waals surface area contributed by atoms with E-state index in [0.717, 1.165) is 13.0 Å². The van der Waals surface area contributed by atoms with Crippen molar-refractivity contribution < 1.29 is 9.53 Å². The molecule has 0 radical (unpaired) electrons. The molecular formula is C13H21ClN2O2S. The zero-order chi connectivity index (χ0) is 13.0. The molecule has 2 atom stereocenters. The van der Waals surface area contributed by atoms with Crippen molar-refractivity contribution in [3.8, 4) is 0 Å². The molecule has 1 amide bonds. The molecule has 1 aromatic rings. The lowest BCUT2D eigenvalue weighted by Crippen LogP contribution is -2.55. The molecule has 2 heterocycles. The summed E-state index contributed by atoms with van der Waals surface area (Å²) in [6.07, 6.45) is 0.988. The summed E-state index contributed by atoms with van der Waals surface area (Å²) in [5.41, 5.74) is 0. The minimum absolute atomic E-state index is 0. The number of ether oxygens (including phenoxy) is 1. The van der Waals surface area contributed by atoms with Gasteiger partial charge in [-0.3, -0.25) is 4.79 Å². The number of carbonyl (C=O) groups excluding carboxylic acids is 1. The number of halogens is 1. The van der Waals surface area contributed by atoms with Crippen LogP contribution in [0.25, 0.3) is 0 Å². The molecule has 1 aliphatic heterocycles. The molecule has 2 N–H and O–H groups in total. The number of hydrogen-bond acceptors (Lipinski definition) is 4. The Kier molecular flexibility index (Phi) is 6.79. The van der Waals surface area contributed by atoms with Crippen LogP contribution in [0.4, 0.5) is 0 Å². The third-order valence-corrected chi connectivity index (χ3v) is 4.33. The Morgan fingerprint density at radius 1 is 1.53 bits per heavy atom. The minimum Gasteiger partial charge on any atom is -0.375 e. The van der Waals surface area contributed by atoms with Gasteiger partial charge >= 0.3 is 0 Å². The van der Waals surface area contributed by atoms with E-state index in [-0.39, 0.29) is 30.5 Å². The predicted molar refractivity (Wildman–Crippen MR) is 80.0 cm³/mol. The Morgan fingerprint density at radius 2 is 2.26 bits per heavy atom. The number of amides is 1. The first-order chi connectivity index (χ1) is 8.70. The van der Waals surface area contributed by atoms with E-state index in [2.05, 4.69) is 29.7 Å². The van der Waals surface area contributed by atoms with Gasteiger partial charge in [0, 0.05) is 16.3 Å². The lowest BCUT2D eigenvalue weighted by atomic mass is 10.1. The second kappa shape index (κ2) is 7.85. The highest BCUT2D eigenvalue weighted by molar-refractivity contribution is 7.11. The van der Waals surface area contributed by atoms with Crippen LogP contribution in [0.1, 0.15) is 23.6 Å². The van der Waals surface area contributed by atoms with Gasteiger partial charge in [-0.25, -0.2) is 0 Å². The third-order valence-electron chi connectivity index (χ3n) is 3.10. The van der Waals surface area contributed by atoms with Crippen molar-refractivity contribution >= 4 is 29.7 Å². The van der Waals surface area contributed by atoms with E-state index < -0.39 is 0 Å². The number of aryl methyl sites for hydroxylation is 1. The molecule has 2 rings (SSSR count). The molecule has 1 aromatic heterocycles. The average molecular weight is 305 g/mol. The Hall–Kier alpha value is -0.620. The van der Waals surface area contributed by atoms with Gasteiger partial charge in [-0.1, -0.05) is 6.92 Å². The van der Waals surface area contributed by atoms with E-state index in [1.54, 1.807) is 11.3 Å². The largest absolute Gasteiger partial charge is 0.375 e. The molecular weight excluding hydrogens is 284 g/mol. The van der Waals surface area contributed by atoms with Crippen molar-refractivity contribution in [2.45, 2.75) is 39.0 Å². The van der Waals surface area contributed by atoms with Gasteiger partial charge < -0.3 is 15.4 Å². The quantitative estimate of drug-likeness (QED) is 0.890. The summed E-state index contributed by atoms with van der Waals surface area (Å²) in [7, 11) is 0. The number of carbonyl (C=O) groups is 1. The minimum atomic E-state index is -0.232. The van der Waals surface area contributed by atoms with Crippen LogP contribution in [0.3, 0.4) is 0 Å². The van der Waals surface area contributed by atoms with E-state index in [1.807, 2.05) is 6.92 Å². The maximum Gasteiger partial charge on any atom is 0.240 e. The fraction of sp³-hybridized carbons (Fsp3) is 0.615. The highest BCUT2D eigenvalue weighted by Crippen LogP contribution is 2.16. The van der Waals surface area contributed by atoms with Gasteiger partial charge in [0.2, 0.25) is 5.91 Å². The van der Waals surface area contributed by atoms with Crippen molar-refractivity contribution in [2.24, 2.45) is 0 Å². The first kappa shape index (κ1) is 16.4. The van der Waals surface area contributed by atoms with Crippen LogP contribution in [0.5, 0.6) is 0 Å². The predicted octanol–water partition coefficient (Wildman–Crippen LogP) is 1.73. The molecule has 0 saturated carbocycles. The van der Waals surface area contributed by atoms with E-state index in [4.69, 9.17) is 4.74 Å². The second-order valence-electron chi connectivity index (χ2n) is 4.45. The first-order valence-electron chi connectivity index (χ1n) is 6.41. The monoisotopic (exact) mass is 304 g/mol. The number of morpholine rings is 1. The maximum absolute atomic E-state index is 12.0. The number of thiophene rings is 1. The lowest BCUT2D eigenvalue weighted by Gasteiger charge is -2.29. The van der Waals surface area contributed by atoms with Gasteiger partial charge in [0.05, 0.1) is 19.3 Å². The van der Waals surface area contributed by atoms with Gasteiger partial charge in [-0.05, 0) is 25.5 Å². The molecule has 0 spiro atoms. The summed E-state index contributed by atoms with van der Waals surface area (Å²) in [6.45, 7) is 6.08. The van der Waals surface area contributed by atoms with Gasteiger partial charge in [0.1, 0.15) is 6.04 Å². The molecule has 1 fully saturated rings. The van der Waals surface area contributed by atoms with Gasteiger partial charge in [-0.15, -0.1) is 23.7 Å². The molecule has 0 bridgehead atoms. The standard InChI is InChI=1S/C13H20N2O2S.ClH/c1-3-10-4-5-11(18-10)8-15-13(16)12-9(2)17-7-6-14-12;/h4-5,9,12,14H,3,6-8H2,1-2H3,(H,15,16);1H/t9-,12+;/m1./s1. The zero-order valence-electron chi connectivity index (χ0n) is 11.3. The Morgan fingerprint density at radius 3 is 2.89 bits per heavy atom. The van der Waals surface area contributed by atoms with E-state index >= 15 is 0 Å². The molecule has 6 heteroatoms. The molecule has 19 heavy (non-hydrogen) atoms. The fourth-order valence-corrected chi connectivity index (χ4v) is 2.92. The van der Waals surface area contributed by atoms with E-state index in [9.17, 15) is 4.79 Å². The number of hydrogen-bond donors (Lipinski definition) is 2. The summed E-state index contributed by atoms with van der Waals surface area (Å²) >= 11 is 1.76. The van der Waals surface area contributed by atoms with E-state index in [0.29, 0.717) is 13.2 Å². The van der Waals surface area contributed by atoms with E-state index in [1.165, 1.54) is 9.75 Å². The summed E-state index contributed by atoms with van der Waals surface area (Å²) in [4.78, 5) is 14.6. The first-order valence-corrected chi connectivity index (χ1v) is 7.22. The third kappa shape index (κ3) is 4.45.